The number of hydrogen-bond donors (Lipinski definition) is 0. The largest absolute Gasteiger partial charge is 0.0882 e. The molecule has 0 aliphatic heterocycles. The highest BCUT2D eigenvalue weighted by atomic mass is 13.9. The third kappa shape index (κ3) is 5.24. The van der Waals surface area contributed by atoms with Crippen LogP contribution in [0.25, 0.3) is 0 Å². The van der Waals surface area contributed by atoms with Crippen LogP contribution in [0.15, 0.2) is 42.5 Å². The summed E-state index contributed by atoms with van der Waals surface area (Å²) in [5.74, 6) is 0. The van der Waals surface area contributed by atoms with E-state index in [9.17, 15) is 0 Å². The van der Waals surface area contributed by atoms with Gasteiger partial charge < -0.3 is 0 Å². The van der Waals surface area contributed by atoms with Crippen molar-refractivity contribution in [2.75, 3.05) is 0 Å². The van der Waals surface area contributed by atoms with E-state index in [2.05, 4.69) is 49.4 Å². The highest BCUT2D eigenvalue weighted by Gasteiger charge is 1.84. The molecule has 0 aromatic heterocycles. The molecule has 0 unspecified atom stereocenters. The zero-order chi connectivity index (χ0) is 8.65. The van der Waals surface area contributed by atoms with Crippen molar-refractivity contribution in [1.29, 1.82) is 0 Å². The second-order valence-corrected chi connectivity index (χ2v) is 2.95. The van der Waals surface area contributed by atoms with Gasteiger partial charge in [-0.05, 0) is 18.4 Å². The van der Waals surface area contributed by atoms with E-state index in [4.69, 9.17) is 0 Å². The summed E-state index contributed by atoms with van der Waals surface area (Å²) in [5, 5.41) is 0. The SMILES string of the molecule is C.CCCC=CCc1ccccc1. The summed E-state index contributed by atoms with van der Waals surface area (Å²) in [5.41, 5.74) is 1.39. The number of unbranched alkanes of at least 4 members (excludes halogenated alkanes) is 1. The molecule has 0 aliphatic rings. The lowest BCUT2D eigenvalue weighted by atomic mass is 10.1. The molecule has 1 aromatic carbocycles. The molecule has 0 spiro atoms. The first kappa shape index (κ1) is 12.0. The van der Waals surface area contributed by atoms with Gasteiger partial charge in [-0.15, -0.1) is 0 Å². The van der Waals surface area contributed by atoms with E-state index in [0.29, 0.717) is 0 Å². The topological polar surface area (TPSA) is 0 Å². The Morgan fingerprint density at radius 2 is 1.77 bits per heavy atom. The molecule has 0 saturated heterocycles. The van der Waals surface area contributed by atoms with Crippen molar-refractivity contribution < 1.29 is 0 Å². The number of benzene rings is 1. The van der Waals surface area contributed by atoms with Crippen molar-refractivity contribution in [1.82, 2.24) is 0 Å². The van der Waals surface area contributed by atoms with Gasteiger partial charge in [0.25, 0.3) is 0 Å². The van der Waals surface area contributed by atoms with Gasteiger partial charge in [-0.2, -0.15) is 0 Å². The van der Waals surface area contributed by atoms with E-state index >= 15 is 0 Å². The van der Waals surface area contributed by atoms with Crippen LogP contribution in [0.5, 0.6) is 0 Å². The quantitative estimate of drug-likeness (QED) is 0.602. The van der Waals surface area contributed by atoms with Crippen LogP contribution in [0, 0.1) is 0 Å². The van der Waals surface area contributed by atoms with Crippen LogP contribution >= 0.6 is 0 Å². The average molecular weight is 176 g/mol. The standard InChI is InChI=1S/C12H16.CH4/c1-2-3-4-6-9-12-10-7-5-8-11-12;/h4-8,10-11H,2-3,9H2,1H3;1H4. The summed E-state index contributed by atoms with van der Waals surface area (Å²) < 4.78 is 0. The number of allylic oxidation sites excluding steroid dienone is 2. The summed E-state index contributed by atoms with van der Waals surface area (Å²) in [6.45, 7) is 2.20. The van der Waals surface area contributed by atoms with E-state index in [1.807, 2.05) is 0 Å². The minimum absolute atomic E-state index is 0. The molecule has 1 rings (SSSR count). The predicted octanol–water partition coefficient (Wildman–Crippen LogP) is 4.22. The van der Waals surface area contributed by atoms with E-state index in [-0.39, 0.29) is 7.43 Å². The van der Waals surface area contributed by atoms with Crippen LogP contribution in [0.4, 0.5) is 0 Å². The Labute approximate surface area is 82.3 Å². The molecule has 72 valence electrons. The predicted molar refractivity (Wildman–Crippen MR) is 60.9 cm³/mol. The van der Waals surface area contributed by atoms with Gasteiger partial charge in [-0.3, -0.25) is 0 Å². The van der Waals surface area contributed by atoms with Gasteiger partial charge in [0.2, 0.25) is 0 Å². The maximum Gasteiger partial charge on any atom is -0.00975 e. The fourth-order valence-corrected chi connectivity index (χ4v) is 1.12. The molecule has 0 heterocycles. The van der Waals surface area contributed by atoms with E-state index < -0.39 is 0 Å². The summed E-state index contributed by atoms with van der Waals surface area (Å²) in [4.78, 5) is 0. The third-order valence-electron chi connectivity index (χ3n) is 1.82. The van der Waals surface area contributed by atoms with Crippen LogP contribution < -0.4 is 0 Å². The Kier molecular flexibility index (Phi) is 6.99. The first-order chi connectivity index (χ1) is 5.93. The molecule has 0 fully saturated rings. The Hall–Kier alpha value is -1.04. The van der Waals surface area contributed by atoms with Crippen LogP contribution in [-0.2, 0) is 6.42 Å². The molecule has 0 heteroatoms. The molecule has 0 radical (unpaired) electrons. The lowest BCUT2D eigenvalue weighted by molar-refractivity contribution is 0.953. The minimum atomic E-state index is 0. The van der Waals surface area contributed by atoms with E-state index in [1.54, 1.807) is 0 Å². The first-order valence-electron chi connectivity index (χ1n) is 4.62. The van der Waals surface area contributed by atoms with Gasteiger partial charge in [-0.25, -0.2) is 0 Å². The second kappa shape index (κ2) is 7.60. The van der Waals surface area contributed by atoms with Crippen molar-refractivity contribution >= 4 is 0 Å². The van der Waals surface area contributed by atoms with Gasteiger partial charge in [-0.1, -0.05) is 63.3 Å². The van der Waals surface area contributed by atoms with E-state index in [1.165, 1.54) is 18.4 Å². The van der Waals surface area contributed by atoms with Crippen molar-refractivity contribution in [2.45, 2.75) is 33.6 Å². The molecule has 0 amide bonds. The highest BCUT2D eigenvalue weighted by Crippen LogP contribution is 2.00. The van der Waals surface area contributed by atoms with Crippen LogP contribution in [0.3, 0.4) is 0 Å². The highest BCUT2D eigenvalue weighted by molar-refractivity contribution is 5.17. The van der Waals surface area contributed by atoms with Crippen LogP contribution in [0.2, 0.25) is 0 Å². The zero-order valence-electron chi connectivity index (χ0n) is 7.66. The minimum Gasteiger partial charge on any atom is -0.0882 e. The molecule has 0 saturated carbocycles. The first-order valence-corrected chi connectivity index (χ1v) is 4.62. The fraction of sp³-hybridized carbons (Fsp3) is 0.385. The third-order valence-corrected chi connectivity index (χ3v) is 1.82. The maximum absolute atomic E-state index is 2.26. The molecule has 0 N–H and O–H groups in total. The van der Waals surface area contributed by atoms with Crippen LogP contribution in [0.1, 0.15) is 32.8 Å². The summed E-state index contributed by atoms with van der Waals surface area (Å²) >= 11 is 0. The van der Waals surface area contributed by atoms with Gasteiger partial charge in [0.05, 0.1) is 0 Å². The zero-order valence-corrected chi connectivity index (χ0v) is 7.66. The summed E-state index contributed by atoms with van der Waals surface area (Å²) in [6, 6.07) is 10.6. The van der Waals surface area contributed by atoms with Crippen molar-refractivity contribution in [2.24, 2.45) is 0 Å². The second-order valence-electron chi connectivity index (χ2n) is 2.95. The molecular formula is C13H20. The van der Waals surface area contributed by atoms with Crippen molar-refractivity contribution in [3.63, 3.8) is 0 Å². The Morgan fingerprint density at radius 3 is 2.38 bits per heavy atom. The summed E-state index contributed by atoms with van der Waals surface area (Å²) in [6.07, 6.45) is 8.02. The fourth-order valence-electron chi connectivity index (χ4n) is 1.12. The molecule has 0 nitrogen and oxygen atoms in total. The lowest BCUT2D eigenvalue weighted by Gasteiger charge is -1.93. The van der Waals surface area contributed by atoms with E-state index in [0.717, 1.165) is 6.42 Å². The lowest BCUT2D eigenvalue weighted by Crippen LogP contribution is -1.77. The number of hydrogen-bond acceptors (Lipinski definition) is 0. The number of rotatable bonds is 4. The maximum atomic E-state index is 2.26. The Balaban J connectivity index is 0.00000144. The Bertz CT molecular complexity index is 221. The molecule has 13 heavy (non-hydrogen) atoms. The smallest absolute Gasteiger partial charge is 0.00975 e. The Morgan fingerprint density at radius 1 is 1.08 bits per heavy atom. The van der Waals surface area contributed by atoms with Gasteiger partial charge in [0, 0.05) is 0 Å². The molecule has 0 aliphatic carbocycles. The van der Waals surface area contributed by atoms with Crippen molar-refractivity contribution in [3.05, 3.63) is 48.0 Å². The van der Waals surface area contributed by atoms with Crippen LogP contribution in [-0.4, -0.2) is 0 Å². The monoisotopic (exact) mass is 176 g/mol. The molecular weight excluding hydrogens is 156 g/mol. The molecule has 1 aromatic rings. The van der Waals surface area contributed by atoms with Gasteiger partial charge in [0.15, 0.2) is 0 Å². The summed E-state index contributed by atoms with van der Waals surface area (Å²) in [7, 11) is 0. The van der Waals surface area contributed by atoms with Gasteiger partial charge >= 0.3 is 0 Å². The normalized spacial score (nSPS) is 9.92. The molecule has 0 bridgehead atoms. The van der Waals surface area contributed by atoms with Gasteiger partial charge in [0.1, 0.15) is 0 Å². The van der Waals surface area contributed by atoms with Crippen molar-refractivity contribution in [3.8, 4) is 0 Å². The molecule has 0 atom stereocenters. The average Bonchev–Trinajstić information content (AvgIpc) is 2.14.